The number of rotatable bonds is 6. The van der Waals surface area contributed by atoms with Crippen molar-refractivity contribution in [2.24, 2.45) is 11.8 Å². The van der Waals surface area contributed by atoms with E-state index < -0.39 is 0 Å². The van der Waals surface area contributed by atoms with Crippen LogP contribution in [0.1, 0.15) is 51.7 Å². The zero-order valence-electron chi connectivity index (χ0n) is 11.8. The second kappa shape index (κ2) is 6.68. The highest BCUT2D eigenvalue weighted by Gasteiger charge is 2.06. The van der Waals surface area contributed by atoms with Gasteiger partial charge in [0.2, 0.25) is 0 Å². The molecule has 0 radical (unpaired) electrons. The molecular formula is C16H27N. The summed E-state index contributed by atoms with van der Waals surface area (Å²) >= 11 is 0. The van der Waals surface area contributed by atoms with Crippen LogP contribution in [0, 0.1) is 11.8 Å². The first-order valence-corrected chi connectivity index (χ1v) is 6.87. The van der Waals surface area contributed by atoms with Gasteiger partial charge < -0.3 is 5.73 Å². The number of hydrogen-bond donors (Lipinski definition) is 1. The maximum absolute atomic E-state index is 6.26. The van der Waals surface area contributed by atoms with E-state index in [9.17, 15) is 0 Å². The molecule has 0 aliphatic carbocycles. The molecule has 0 heterocycles. The number of aryl methyl sites for hydroxylation is 2. The highest BCUT2D eigenvalue weighted by molar-refractivity contribution is 5.53. The maximum Gasteiger partial charge on any atom is 0.0379 e. The fourth-order valence-electron chi connectivity index (χ4n) is 1.99. The van der Waals surface area contributed by atoms with E-state index in [4.69, 9.17) is 5.73 Å². The van der Waals surface area contributed by atoms with Gasteiger partial charge in [-0.3, -0.25) is 0 Å². The SMILES string of the molecule is CC(C)CCc1cccc(CCC(C)C)c1N. The molecular weight excluding hydrogens is 206 g/mol. The Balaban J connectivity index is 2.69. The first kappa shape index (κ1) is 14.1. The molecule has 17 heavy (non-hydrogen) atoms. The van der Waals surface area contributed by atoms with E-state index in [0.29, 0.717) is 0 Å². The molecule has 0 atom stereocenters. The minimum Gasteiger partial charge on any atom is -0.398 e. The van der Waals surface area contributed by atoms with Crippen LogP contribution in [0.3, 0.4) is 0 Å². The molecule has 96 valence electrons. The minimum atomic E-state index is 0.744. The molecule has 0 unspecified atom stereocenters. The van der Waals surface area contributed by atoms with Gasteiger partial charge in [-0.25, -0.2) is 0 Å². The molecule has 1 aromatic rings. The Labute approximate surface area is 106 Å². The van der Waals surface area contributed by atoms with Crippen molar-refractivity contribution in [3.63, 3.8) is 0 Å². The van der Waals surface area contributed by atoms with Crippen LogP contribution in [-0.2, 0) is 12.8 Å². The normalized spacial score (nSPS) is 11.4. The van der Waals surface area contributed by atoms with E-state index in [-0.39, 0.29) is 0 Å². The zero-order chi connectivity index (χ0) is 12.8. The van der Waals surface area contributed by atoms with Gasteiger partial charge in [0.25, 0.3) is 0 Å². The summed E-state index contributed by atoms with van der Waals surface area (Å²) in [5.41, 5.74) is 9.96. The summed E-state index contributed by atoms with van der Waals surface area (Å²) in [6.07, 6.45) is 4.66. The predicted octanol–water partition coefficient (Wildman–Crippen LogP) is 4.45. The molecule has 0 saturated heterocycles. The van der Waals surface area contributed by atoms with Gasteiger partial charge in [0.15, 0.2) is 0 Å². The lowest BCUT2D eigenvalue weighted by atomic mass is 9.95. The Hall–Kier alpha value is -0.980. The monoisotopic (exact) mass is 233 g/mol. The third-order valence-electron chi connectivity index (χ3n) is 3.27. The van der Waals surface area contributed by atoms with Crippen molar-refractivity contribution in [3.05, 3.63) is 29.3 Å². The van der Waals surface area contributed by atoms with Crippen molar-refractivity contribution in [2.75, 3.05) is 5.73 Å². The number of anilines is 1. The van der Waals surface area contributed by atoms with Crippen LogP contribution in [0.2, 0.25) is 0 Å². The highest BCUT2D eigenvalue weighted by Crippen LogP contribution is 2.22. The predicted molar refractivity (Wildman–Crippen MR) is 77.2 cm³/mol. The zero-order valence-corrected chi connectivity index (χ0v) is 11.8. The van der Waals surface area contributed by atoms with Gasteiger partial charge in [-0.15, -0.1) is 0 Å². The third kappa shape index (κ3) is 4.80. The lowest BCUT2D eigenvalue weighted by Crippen LogP contribution is -2.03. The summed E-state index contributed by atoms with van der Waals surface area (Å²) in [4.78, 5) is 0. The average Bonchev–Trinajstić information content (AvgIpc) is 2.25. The highest BCUT2D eigenvalue weighted by atomic mass is 14.6. The van der Waals surface area contributed by atoms with E-state index >= 15 is 0 Å². The summed E-state index contributed by atoms with van der Waals surface area (Å²) in [7, 11) is 0. The lowest BCUT2D eigenvalue weighted by Gasteiger charge is -2.13. The summed E-state index contributed by atoms with van der Waals surface area (Å²) < 4.78 is 0. The molecule has 0 aliphatic heterocycles. The summed E-state index contributed by atoms with van der Waals surface area (Å²) in [5.74, 6) is 1.49. The van der Waals surface area contributed by atoms with Gasteiger partial charge in [0, 0.05) is 5.69 Å². The molecule has 1 rings (SSSR count). The van der Waals surface area contributed by atoms with E-state index in [1.165, 1.54) is 24.0 Å². The van der Waals surface area contributed by atoms with E-state index in [2.05, 4.69) is 45.9 Å². The lowest BCUT2D eigenvalue weighted by molar-refractivity contribution is 0.582. The summed E-state index contributed by atoms with van der Waals surface area (Å²) in [6, 6.07) is 6.51. The Bertz CT molecular complexity index is 309. The second-order valence-corrected chi connectivity index (χ2v) is 5.85. The van der Waals surface area contributed by atoms with Gasteiger partial charge in [-0.1, -0.05) is 45.9 Å². The fourth-order valence-corrected chi connectivity index (χ4v) is 1.99. The van der Waals surface area contributed by atoms with Gasteiger partial charge in [-0.05, 0) is 48.6 Å². The van der Waals surface area contributed by atoms with Crippen molar-refractivity contribution >= 4 is 5.69 Å². The Morgan fingerprint density at radius 2 is 1.29 bits per heavy atom. The van der Waals surface area contributed by atoms with Crippen molar-refractivity contribution in [3.8, 4) is 0 Å². The molecule has 0 amide bonds. The third-order valence-corrected chi connectivity index (χ3v) is 3.27. The van der Waals surface area contributed by atoms with E-state index in [1.807, 2.05) is 0 Å². The van der Waals surface area contributed by atoms with Crippen molar-refractivity contribution in [1.82, 2.24) is 0 Å². The Kier molecular flexibility index (Phi) is 5.54. The molecule has 0 aliphatic rings. The first-order valence-electron chi connectivity index (χ1n) is 6.87. The Morgan fingerprint density at radius 1 is 0.882 bits per heavy atom. The smallest absolute Gasteiger partial charge is 0.0379 e. The second-order valence-electron chi connectivity index (χ2n) is 5.85. The molecule has 0 spiro atoms. The van der Waals surface area contributed by atoms with Crippen LogP contribution >= 0.6 is 0 Å². The van der Waals surface area contributed by atoms with E-state index in [0.717, 1.165) is 30.4 Å². The number of para-hydroxylation sites is 1. The average molecular weight is 233 g/mol. The minimum absolute atomic E-state index is 0.744. The van der Waals surface area contributed by atoms with Gasteiger partial charge >= 0.3 is 0 Å². The Morgan fingerprint density at radius 3 is 1.65 bits per heavy atom. The molecule has 1 heteroatoms. The standard InChI is InChI=1S/C16H27N/c1-12(2)8-10-14-6-5-7-15(16(14)17)11-9-13(3)4/h5-7,12-13H,8-11,17H2,1-4H3. The van der Waals surface area contributed by atoms with Gasteiger partial charge in [0.05, 0.1) is 0 Å². The molecule has 1 nitrogen and oxygen atoms in total. The molecule has 1 aromatic carbocycles. The topological polar surface area (TPSA) is 26.0 Å². The largest absolute Gasteiger partial charge is 0.398 e. The maximum atomic E-state index is 6.26. The van der Waals surface area contributed by atoms with E-state index in [1.54, 1.807) is 0 Å². The molecule has 0 bridgehead atoms. The number of hydrogen-bond acceptors (Lipinski definition) is 1. The van der Waals surface area contributed by atoms with Crippen LogP contribution in [-0.4, -0.2) is 0 Å². The molecule has 0 aromatic heterocycles. The first-order chi connectivity index (χ1) is 8.00. The van der Waals surface area contributed by atoms with Crippen molar-refractivity contribution in [1.29, 1.82) is 0 Å². The quantitative estimate of drug-likeness (QED) is 0.722. The molecule has 0 fully saturated rings. The number of nitrogen functional groups attached to an aromatic ring is 1. The molecule has 0 saturated carbocycles. The van der Waals surface area contributed by atoms with Crippen LogP contribution in [0.15, 0.2) is 18.2 Å². The van der Waals surface area contributed by atoms with Crippen LogP contribution in [0.25, 0.3) is 0 Å². The number of benzene rings is 1. The van der Waals surface area contributed by atoms with Crippen LogP contribution in [0.5, 0.6) is 0 Å². The van der Waals surface area contributed by atoms with Crippen molar-refractivity contribution < 1.29 is 0 Å². The van der Waals surface area contributed by atoms with Gasteiger partial charge in [0.1, 0.15) is 0 Å². The fraction of sp³-hybridized carbons (Fsp3) is 0.625. The van der Waals surface area contributed by atoms with Gasteiger partial charge in [-0.2, -0.15) is 0 Å². The van der Waals surface area contributed by atoms with Crippen LogP contribution in [0.4, 0.5) is 5.69 Å². The summed E-state index contributed by atoms with van der Waals surface area (Å²) in [5, 5.41) is 0. The summed E-state index contributed by atoms with van der Waals surface area (Å²) in [6.45, 7) is 9.05. The number of nitrogens with two attached hydrogens (primary N) is 1. The van der Waals surface area contributed by atoms with Crippen molar-refractivity contribution in [2.45, 2.75) is 53.4 Å². The molecule has 2 N–H and O–H groups in total. The van der Waals surface area contributed by atoms with Crippen LogP contribution < -0.4 is 5.73 Å².